The molecule has 9 nitrogen and oxygen atoms in total. The second-order valence-electron chi connectivity index (χ2n) is 8.25. The number of rotatable bonds is 2. The second kappa shape index (κ2) is 5.85. The van der Waals surface area contributed by atoms with E-state index in [2.05, 4.69) is 0 Å². The Bertz CT molecular complexity index is 1350. The number of non-ortho nitro benzene ring substituents is 2. The fourth-order valence-electron chi connectivity index (χ4n) is 5.34. The van der Waals surface area contributed by atoms with Gasteiger partial charge in [0.15, 0.2) is 0 Å². The van der Waals surface area contributed by atoms with Crippen LogP contribution in [0.15, 0.2) is 48.5 Å². The zero-order valence-electron chi connectivity index (χ0n) is 16.3. The van der Waals surface area contributed by atoms with Crippen LogP contribution >= 0.6 is 0 Å². The van der Waals surface area contributed by atoms with Crippen molar-refractivity contribution in [3.8, 4) is 11.1 Å². The van der Waals surface area contributed by atoms with Gasteiger partial charge in [-0.25, -0.2) is 9.59 Å². The minimum Gasteiger partial charge on any atom is -0.386 e. The molecule has 1 heterocycles. The third-order valence-corrected chi connectivity index (χ3v) is 6.70. The minimum absolute atomic E-state index is 0.0670. The molecule has 1 spiro atoms. The van der Waals surface area contributed by atoms with Crippen LogP contribution in [0.5, 0.6) is 0 Å². The maximum atomic E-state index is 12.0. The molecule has 0 unspecified atom stereocenters. The summed E-state index contributed by atoms with van der Waals surface area (Å²) in [5, 5.41) is 22.9. The van der Waals surface area contributed by atoms with E-state index in [0.717, 1.165) is 22.3 Å². The highest BCUT2D eigenvalue weighted by Gasteiger charge is 2.49. The van der Waals surface area contributed by atoms with E-state index < -0.39 is 27.2 Å². The van der Waals surface area contributed by atoms with Crippen LogP contribution in [0.3, 0.4) is 0 Å². The number of nitro groups is 2. The molecule has 3 aromatic rings. The average molecular weight is 428 g/mol. The van der Waals surface area contributed by atoms with Crippen LogP contribution in [0.2, 0.25) is 0 Å². The Labute approximate surface area is 179 Å². The van der Waals surface area contributed by atoms with Gasteiger partial charge in [-0.05, 0) is 70.5 Å². The molecule has 1 aliphatic heterocycles. The van der Waals surface area contributed by atoms with Gasteiger partial charge in [-0.15, -0.1) is 0 Å². The van der Waals surface area contributed by atoms with E-state index in [9.17, 15) is 29.8 Å². The quantitative estimate of drug-likeness (QED) is 0.262. The first-order valence-electron chi connectivity index (χ1n) is 9.79. The summed E-state index contributed by atoms with van der Waals surface area (Å²) in [5.41, 5.74) is 4.12. The second-order valence-corrected chi connectivity index (χ2v) is 8.25. The summed E-state index contributed by atoms with van der Waals surface area (Å²) >= 11 is 0. The minimum atomic E-state index is -0.771. The predicted octanol–water partition coefficient (Wildman–Crippen LogP) is 3.88. The summed E-state index contributed by atoms with van der Waals surface area (Å²) in [5.74, 6) is -1.40. The van der Waals surface area contributed by atoms with Gasteiger partial charge in [0, 0.05) is 29.7 Å². The topological polar surface area (TPSA) is 130 Å². The van der Waals surface area contributed by atoms with Gasteiger partial charge in [0.1, 0.15) is 0 Å². The van der Waals surface area contributed by atoms with Gasteiger partial charge >= 0.3 is 11.9 Å². The van der Waals surface area contributed by atoms with Crippen molar-refractivity contribution in [3.05, 3.63) is 102 Å². The van der Waals surface area contributed by atoms with Gasteiger partial charge in [-0.3, -0.25) is 20.2 Å². The third kappa shape index (κ3) is 2.22. The third-order valence-electron chi connectivity index (χ3n) is 6.70. The van der Waals surface area contributed by atoms with E-state index in [1.165, 1.54) is 24.3 Å². The number of ether oxygens (including phenoxy) is 1. The molecule has 3 aliphatic rings. The molecule has 0 bridgehead atoms. The van der Waals surface area contributed by atoms with E-state index in [1.54, 1.807) is 24.3 Å². The number of cyclic esters (lactones) is 2. The molecule has 2 aliphatic carbocycles. The smallest absolute Gasteiger partial charge is 0.346 e. The molecule has 0 atom stereocenters. The Hall–Kier alpha value is -4.40. The van der Waals surface area contributed by atoms with Crippen LogP contribution in [0.1, 0.15) is 43.0 Å². The average Bonchev–Trinajstić information content (AvgIpc) is 3.37. The molecule has 32 heavy (non-hydrogen) atoms. The molecule has 0 fully saturated rings. The van der Waals surface area contributed by atoms with Crippen molar-refractivity contribution in [2.75, 3.05) is 0 Å². The Morgan fingerprint density at radius 2 is 1.12 bits per heavy atom. The SMILES string of the molecule is O=C1OC(=O)c2cc3c(cc21)CC1(C3)c2cc([N+](=O)[O-])ccc2-c2ccc([N+](=O)[O-])cc21. The van der Waals surface area contributed by atoms with Crippen LogP contribution in [-0.2, 0) is 23.0 Å². The van der Waals surface area contributed by atoms with Crippen molar-refractivity contribution in [3.63, 3.8) is 0 Å². The zero-order valence-corrected chi connectivity index (χ0v) is 16.3. The molecular formula is C23H12N2O7. The summed E-state index contributed by atoms with van der Waals surface area (Å²) in [6.45, 7) is 0. The van der Waals surface area contributed by atoms with Crippen LogP contribution in [0, 0.1) is 20.2 Å². The molecule has 0 N–H and O–H groups in total. The van der Waals surface area contributed by atoms with Crippen molar-refractivity contribution in [2.45, 2.75) is 18.3 Å². The number of nitro benzene ring substituents is 2. The molecule has 0 saturated carbocycles. The molecule has 0 amide bonds. The first-order chi connectivity index (χ1) is 15.3. The summed E-state index contributed by atoms with van der Waals surface area (Å²) in [7, 11) is 0. The molecule has 0 radical (unpaired) electrons. The molecule has 156 valence electrons. The van der Waals surface area contributed by atoms with Crippen molar-refractivity contribution < 1.29 is 24.2 Å². The van der Waals surface area contributed by atoms with E-state index in [-0.39, 0.29) is 22.5 Å². The van der Waals surface area contributed by atoms with Gasteiger partial charge < -0.3 is 4.74 Å². The monoisotopic (exact) mass is 428 g/mol. The number of nitrogens with zero attached hydrogens (tertiary/aromatic N) is 2. The normalized spacial score (nSPS) is 16.4. The Morgan fingerprint density at radius 3 is 1.53 bits per heavy atom. The van der Waals surface area contributed by atoms with Gasteiger partial charge in [-0.1, -0.05) is 0 Å². The van der Waals surface area contributed by atoms with Crippen molar-refractivity contribution >= 4 is 23.3 Å². The number of carbonyl (C=O) groups excluding carboxylic acids is 2. The lowest BCUT2D eigenvalue weighted by molar-refractivity contribution is -0.385. The van der Waals surface area contributed by atoms with Crippen LogP contribution < -0.4 is 0 Å². The summed E-state index contributed by atoms with van der Waals surface area (Å²) in [4.78, 5) is 46.1. The van der Waals surface area contributed by atoms with E-state index in [1.807, 2.05) is 0 Å². The molecule has 6 rings (SSSR count). The number of fused-ring (bicyclic) bond motifs is 7. The lowest BCUT2D eigenvalue weighted by Crippen LogP contribution is -2.26. The maximum Gasteiger partial charge on any atom is 0.346 e. The number of hydrogen-bond donors (Lipinski definition) is 0. The number of esters is 2. The zero-order chi connectivity index (χ0) is 22.4. The van der Waals surface area contributed by atoms with Crippen LogP contribution in [0.4, 0.5) is 11.4 Å². The highest BCUT2D eigenvalue weighted by atomic mass is 16.6. The van der Waals surface area contributed by atoms with Crippen LogP contribution in [-0.4, -0.2) is 21.8 Å². The van der Waals surface area contributed by atoms with Gasteiger partial charge in [0.2, 0.25) is 0 Å². The lowest BCUT2D eigenvalue weighted by Gasteiger charge is -2.26. The first-order valence-corrected chi connectivity index (χ1v) is 9.79. The lowest BCUT2D eigenvalue weighted by atomic mass is 9.75. The van der Waals surface area contributed by atoms with Crippen molar-refractivity contribution in [2.24, 2.45) is 0 Å². The summed E-state index contributed by atoms with van der Waals surface area (Å²) in [6, 6.07) is 12.5. The maximum absolute atomic E-state index is 12.0. The van der Waals surface area contributed by atoms with Gasteiger partial charge in [-0.2, -0.15) is 0 Å². The fourth-order valence-corrected chi connectivity index (χ4v) is 5.34. The number of hydrogen-bond acceptors (Lipinski definition) is 7. The first kappa shape index (κ1) is 18.4. The molecule has 3 aromatic carbocycles. The van der Waals surface area contributed by atoms with Crippen LogP contribution in [0.25, 0.3) is 11.1 Å². The predicted molar refractivity (Wildman–Crippen MR) is 110 cm³/mol. The van der Waals surface area contributed by atoms with E-state index in [4.69, 9.17) is 4.74 Å². The van der Waals surface area contributed by atoms with Crippen molar-refractivity contribution in [1.29, 1.82) is 0 Å². The Kier molecular flexibility index (Phi) is 3.36. The highest BCUT2D eigenvalue weighted by molar-refractivity contribution is 6.15. The number of carbonyl (C=O) groups is 2. The Balaban J connectivity index is 1.60. The van der Waals surface area contributed by atoms with E-state index in [0.29, 0.717) is 24.0 Å². The van der Waals surface area contributed by atoms with Gasteiger partial charge in [0.05, 0.1) is 21.0 Å². The standard InChI is InChI=1S/C23H12N2O7/c26-21-17-5-11-9-23(10-12(11)6-18(17)22(27)32-21)19-7-13(24(28)29)1-3-15(19)16-4-2-14(25(30)31)8-20(16)23/h1-8H,9-10H2. The molecule has 9 heteroatoms. The fraction of sp³-hybridized carbons (Fsp3) is 0.130. The van der Waals surface area contributed by atoms with Gasteiger partial charge in [0.25, 0.3) is 11.4 Å². The Morgan fingerprint density at radius 1 is 0.688 bits per heavy atom. The van der Waals surface area contributed by atoms with E-state index >= 15 is 0 Å². The highest BCUT2D eigenvalue weighted by Crippen LogP contribution is 2.57. The largest absolute Gasteiger partial charge is 0.386 e. The molecular weight excluding hydrogens is 416 g/mol. The summed E-state index contributed by atoms with van der Waals surface area (Å²) < 4.78 is 4.70. The number of benzene rings is 3. The molecule has 0 saturated heterocycles. The molecule has 0 aromatic heterocycles. The summed E-state index contributed by atoms with van der Waals surface area (Å²) in [6.07, 6.45) is 0.777. The van der Waals surface area contributed by atoms with Crippen molar-refractivity contribution in [1.82, 2.24) is 0 Å².